The fourth-order valence-corrected chi connectivity index (χ4v) is 1.52. The van der Waals surface area contributed by atoms with E-state index in [-0.39, 0.29) is 5.97 Å². The summed E-state index contributed by atoms with van der Waals surface area (Å²) >= 11 is 5.42. The average molecular weight is 195 g/mol. The van der Waals surface area contributed by atoms with Crippen LogP contribution in [0.2, 0.25) is 19.6 Å². The average Bonchev–Trinajstić information content (AvgIpc) is 1.79. The Morgan fingerprint density at radius 3 is 2.36 bits per heavy atom. The van der Waals surface area contributed by atoms with E-state index >= 15 is 0 Å². The molecule has 0 saturated heterocycles. The van der Waals surface area contributed by atoms with Crippen molar-refractivity contribution in [2.24, 2.45) is 0 Å². The molecule has 0 aliphatic heterocycles. The second-order valence-corrected chi connectivity index (χ2v) is 8.19. The second kappa shape index (κ2) is 4.77. The molecule has 0 unspecified atom stereocenters. The third-order valence-corrected chi connectivity index (χ3v) is 2.04. The Balaban J connectivity index is 3.53. The monoisotopic (exact) mass is 194 g/mol. The van der Waals surface area contributed by atoms with Crippen molar-refractivity contribution in [3.8, 4) is 0 Å². The first-order chi connectivity index (χ1) is 4.95. The molecule has 0 saturated carbocycles. The van der Waals surface area contributed by atoms with Gasteiger partial charge in [-0.3, -0.25) is 4.79 Å². The molecule has 0 rings (SSSR count). The van der Waals surface area contributed by atoms with E-state index in [1.165, 1.54) is 0 Å². The molecule has 4 heteroatoms. The van der Waals surface area contributed by atoms with Gasteiger partial charge in [0.05, 0.1) is 0 Å². The molecule has 0 spiro atoms. The van der Waals surface area contributed by atoms with Crippen LogP contribution in [0.4, 0.5) is 0 Å². The van der Waals surface area contributed by atoms with Gasteiger partial charge < -0.3 is 4.43 Å². The van der Waals surface area contributed by atoms with Gasteiger partial charge in [-0.2, -0.15) is 0 Å². The Labute approximate surface area is 74.0 Å². The van der Waals surface area contributed by atoms with E-state index in [9.17, 15) is 4.79 Å². The van der Waals surface area contributed by atoms with Gasteiger partial charge >= 0.3 is 0 Å². The Hall–Kier alpha value is -0.0231. The van der Waals surface area contributed by atoms with Crippen molar-refractivity contribution >= 4 is 25.9 Å². The number of hydrogen-bond donors (Lipinski definition) is 0. The molecule has 0 N–H and O–H groups in total. The molecule has 2 nitrogen and oxygen atoms in total. The third-order valence-electron chi connectivity index (χ3n) is 0.935. The molecule has 0 aromatic heterocycles. The lowest BCUT2D eigenvalue weighted by Crippen LogP contribution is -2.29. The highest BCUT2D eigenvalue weighted by Gasteiger charge is 2.18. The molecule has 0 heterocycles. The highest BCUT2D eigenvalue weighted by Crippen LogP contribution is 2.05. The lowest BCUT2D eigenvalue weighted by Gasteiger charge is -2.16. The minimum Gasteiger partial charge on any atom is -0.520 e. The van der Waals surface area contributed by atoms with E-state index in [0.29, 0.717) is 18.7 Å². The van der Waals surface area contributed by atoms with Gasteiger partial charge in [0.2, 0.25) is 8.32 Å². The first kappa shape index (κ1) is 11.0. The fourth-order valence-electron chi connectivity index (χ4n) is 0.604. The van der Waals surface area contributed by atoms with E-state index in [1.54, 1.807) is 0 Å². The molecule has 0 radical (unpaired) electrons. The van der Waals surface area contributed by atoms with E-state index in [0.717, 1.165) is 0 Å². The smallest absolute Gasteiger partial charge is 0.292 e. The molecule has 11 heavy (non-hydrogen) atoms. The van der Waals surface area contributed by atoms with Crippen molar-refractivity contribution in [3.63, 3.8) is 0 Å². The SMILES string of the molecule is C[Si](C)(C)OC(=O)CCCCl. The maximum atomic E-state index is 11.0. The summed E-state index contributed by atoms with van der Waals surface area (Å²) in [6.07, 6.45) is 1.17. The topological polar surface area (TPSA) is 26.3 Å². The number of halogens is 1. The normalized spacial score (nSPS) is 11.3. The largest absolute Gasteiger partial charge is 0.520 e. The molecule has 0 amide bonds. The fraction of sp³-hybridized carbons (Fsp3) is 0.857. The number of carbonyl (C=O) groups is 1. The van der Waals surface area contributed by atoms with Crippen LogP contribution in [0.25, 0.3) is 0 Å². The first-order valence-corrected chi connectivity index (χ1v) is 7.68. The van der Waals surface area contributed by atoms with Crippen LogP contribution in [0.3, 0.4) is 0 Å². The van der Waals surface area contributed by atoms with Gasteiger partial charge in [0.25, 0.3) is 5.97 Å². The molecule has 0 aromatic rings. The summed E-state index contributed by atoms with van der Waals surface area (Å²) in [5, 5.41) is 0. The standard InChI is InChI=1S/C7H15ClO2Si/c1-11(2,3)10-7(9)5-4-6-8/h4-6H2,1-3H3. The molecular weight excluding hydrogens is 180 g/mol. The Kier molecular flexibility index (Phi) is 4.76. The second-order valence-electron chi connectivity index (χ2n) is 3.38. The van der Waals surface area contributed by atoms with Gasteiger partial charge in [-0.1, -0.05) is 0 Å². The zero-order valence-corrected chi connectivity index (χ0v) is 9.07. The summed E-state index contributed by atoms with van der Waals surface area (Å²) in [5.74, 6) is 0.422. The summed E-state index contributed by atoms with van der Waals surface area (Å²) in [6, 6.07) is 0. The summed E-state index contributed by atoms with van der Waals surface area (Å²) in [6.45, 7) is 5.97. The third kappa shape index (κ3) is 7.88. The molecular formula is C7H15ClO2Si. The van der Waals surface area contributed by atoms with Crippen molar-refractivity contribution in [1.29, 1.82) is 0 Å². The number of hydrogen-bond acceptors (Lipinski definition) is 2. The van der Waals surface area contributed by atoms with Gasteiger partial charge in [-0.05, 0) is 26.1 Å². The Morgan fingerprint density at radius 2 is 2.00 bits per heavy atom. The van der Waals surface area contributed by atoms with Crippen LogP contribution in [0, 0.1) is 0 Å². The van der Waals surface area contributed by atoms with Crippen LogP contribution < -0.4 is 0 Å². The van der Waals surface area contributed by atoms with E-state index in [4.69, 9.17) is 16.0 Å². The van der Waals surface area contributed by atoms with Crippen molar-refractivity contribution in [2.75, 3.05) is 5.88 Å². The van der Waals surface area contributed by atoms with Crippen LogP contribution in [0.15, 0.2) is 0 Å². The van der Waals surface area contributed by atoms with E-state index in [1.807, 2.05) is 19.6 Å². The summed E-state index contributed by atoms with van der Waals surface area (Å²) in [4.78, 5) is 11.0. The van der Waals surface area contributed by atoms with Gasteiger partial charge in [-0.15, -0.1) is 11.6 Å². The first-order valence-electron chi connectivity index (χ1n) is 3.73. The lowest BCUT2D eigenvalue weighted by molar-refractivity contribution is -0.135. The van der Waals surface area contributed by atoms with Gasteiger partial charge in [0, 0.05) is 12.3 Å². The van der Waals surface area contributed by atoms with Gasteiger partial charge in [0.15, 0.2) is 0 Å². The maximum Gasteiger partial charge on any atom is 0.292 e. The zero-order valence-electron chi connectivity index (χ0n) is 7.32. The minimum atomic E-state index is -1.66. The molecule has 0 aliphatic rings. The molecule has 0 atom stereocenters. The summed E-state index contributed by atoms with van der Waals surface area (Å²) in [5.41, 5.74) is 0. The Bertz CT molecular complexity index is 131. The van der Waals surface area contributed by atoms with Crippen molar-refractivity contribution in [2.45, 2.75) is 32.5 Å². The van der Waals surface area contributed by atoms with Gasteiger partial charge in [0.1, 0.15) is 0 Å². The van der Waals surface area contributed by atoms with Crippen LogP contribution in [-0.4, -0.2) is 20.2 Å². The minimum absolute atomic E-state index is 0.107. The molecule has 0 aliphatic carbocycles. The van der Waals surface area contributed by atoms with Gasteiger partial charge in [-0.25, -0.2) is 0 Å². The van der Waals surface area contributed by atoms with Crippen molar-refractivity contribution in [1.82, 2.24) is 0 Å². The van der Waals surface area contributed by atoms with Crippen LogP contribution >= 0.6 is 11.6 Å². The predicted molar refractivity (Wildman–Crippen MR) is 49.4 cm³/mol. The zero-order chi connectivity index (χ0) is 8.91. The predicted octanol–water partition coefficient (Wildman–Crippen LogP) is 2.38. The summed E-state index contributed by atoms with van der Waals surface area (Å²) in [7, 11) is -1.66. The molecule has 0 bridgehead atoms. The van der Waals surface area contributed by atoms with Crippen molar-refractivity contribution < 1.29 is 9.22 Å². The maximum absolute atomic E-state index is 11.0. The lowest BCUT2D eigenvalue weighted by atomic mass is 10.3. The highest BCUT2D eigenvalue weighted by atomic mass is 35.5. The van der Waals surface area contributed by atoms with E-state index in [2.05, 4.69) is 0 Å². The summed E-state index contributed by atoms with van der Waals surface area (Å²) < 4.78 is 5.18. The van der Waals surface area contributed by atoms with Crippen LogP contribution in [0.5, 0.6) is 0 Å². The van der Waals surface area contributed by atoms with Crippen LogP contribution in [0.1, 0.15) is 12.8 Å². The number of rotatable bonds is 4. The number of alkyl halides is 1. The molecule has 66 valence electrons. The number of carbonyl (C=O) groups excluding carboxylic acids is 1. The highest BCUT2D eigenvalue weighted by molar-refractivity contribution is 6.71. The Morgan fingerprint density at radius 1 is 1.45 bits per heavy atom. The molecule has 0 fully saturated rings. The molecule has 0 aromatic carbocycles. The van der Waals surface area contributed by atoms with Crippen molar-refractivity contribution in [3.05, 3.63) is 0 Å². The quantitative estimate of drug-likeness (QED) is 0.508. The van der Waals surface area contributed by atoms with Crippen LogP contribution in [-0.2, 0) is 9.22 Å². The van der Waals surface area contributed by atoms with E-state index < -0.39 is 8.32 Å².